The summed E-state index contributed by atoms with van der Waals surface area (Å²) in [5, 5.41) is 0. The highest BCUT2D eigenvalue weighted by Crippen LogP contribution is 2.32. The van der Waals surface area contributed by atoms with Crippen molar-refractivity contribution in [1.29, 1.82) is 0 Å². The lowest BCUT2D eigenvalue weighted by Gasteiger charge is -2.14. The van der Waals surface area contributed by atoms with Gasteiger partial charge in [0.05, 0.1) is 6.61 Å². The molecule has 1 fully saturated rings. The second-order valence-electron chi connectivity index (χ2n) is 5.23. The molecule has 0 heterocycles. The fourth-order valence-corrected chi connectivity index (χ4v) is 1.85. The van der Waals surface area contributed by atoms with Crippen LogP contribution in [-0.4, -0.2) is 6.61 Å². The van der Waals surface area contributed by atoms with Crippen molar-refractivity contribution in [2.45, 2.75) is 33.1 Å². The topological polar surface area (TPSA) is 9.23 Å². The van der Waals surface area contributed by atoms with Gasteiger partial charge in [-0.25, -0.2) is 8.78 Å². The van der Waals surface area contributed by atoms with Crippen LogP contribution in [0.4, 0.5) is 8.78 Å². The van der Waals surface area contributed by atoms with Gasteiger partial charge in [0.2, 0.25) is 0 Å². The molecule has 0 saturated heterocycles. The Hall–Kier alpha value is -1.12. The Labute approximate surface area is 101 Å². The Balaban J connectivity index is 2.18. The van der Waals surface area contributed by atoms with Crippen molar-refractivity contribution in [1.82, 2.24) is 0 Å². The zero-order chi connectivity index (χ0) is 12.4. The quantitative estimate of drug-likeness (QED) is 0.757. The molecule has 0 bridgehead atoms. The van der Waals surface area contributed by atoms with E-state index in [1.165, 1.54) is 6.07 Å². The summed E-state index contributed by atoms with van der Waals surface area (Å²) in [5.41, 5.74) is 0.637. The Bertz CT molecular complexity index is 397. The molecule has 1 saturated carbocycles. The van der Waals surface area contributed by atoms with Crippen molar-refractivity contribution < 1.29 is 13.5 Å². The van der Waals surface area contributed by atoms with Gasteiger partial charge in [0.1, 0.15) is 5.82 Å². The van der Waals surface area contributed by atoms with Crippen molar-refractivity contribution in [2.75, 3.05) is 6.61 Å². The SMILES string of the molecule is CC(C)Cc1cc(F)cc(F)c1OCC1CC1. The first kappa shape index (κ1) is 12.3. The minimum atomic E-state index is -0.582. The molecular formula is C14H18F2O. The largest absolute Gasteiger partial charge is 0.490 e. The summed E-state index contributed by atoms with van der Waals surface area (Å²) in [4.78, 5) is 0. The fraction of sp³-hybridized carbons (Fsp3) is 0.571. The molecule has 1 aliphatic rings. The summed E-state index contributed by atoms with van der Waals surface area (Å²) in [7, 11) is 0. The van der Waals surface area contributed by atoms with Gasteiger partial charge in [-0.2, -0.15) is 0 Å². The Kier molecular flexibility index (Phi) is 3.65. The van der Waals surface area contributed by atoms with Crippen LogP contribution in [0.5, 0.6) is 5.75 Å². The zero-order valence-corrected chi connectivity index (χ0v) is 10.3. The summed E-state index contributed by atoms with van der Waals surface area (Å²) >= 11 is 0. The Morgan fingerprint density at radius 2 is 2.00 bits per heavy atom. The summed E-state index contributed by atoms with van der Waals surface area (Å²) in [6.07, 6.45) is 2.94. The van der Waals surface area contributed by atoms with Gasteiger partial charge in [0.15, 0.2) is 11.6 Å². The molecule has 94 valence electrons. The van der Waals surface area contributed by atoms with Crippen LogP contribution in [0.3, 0.4) is 0 Å². The third kappa shape index (κ3) is 3.42. The number of hydrogen-bond donors (Lipinski definition) is 0. The first-order valence-corrected chi connectivity index (χ1v) is 6.17. The van der Waals surface area contributed by atoms with E-state index < -0.39 is 11.6 Å². The predicted molar refractivity (Wildman–Crippen MR) is 63.1 cm³/mol. The van der Waals surface area contributed by atoms with E-state index in [9.17, 15) is 8.78 Å². The monoisotopic (exact) mass is 240 g/mol. The molecule has 1 aromatic carbocycles. The molecule has 0 aliphatic heterocycles. The molecule has 17 heavy (non-hydrogen) atoms. The van der Waals surface area contributed by atoms with Gasteiger partial charge in [-0.3, -0.25) is 0 Å². The van der Waals surface area contributed by atoms with Gasteiger partial charge in [-0.05, 0) is 37.2 Å². The van der Waals surface area contributed by atoms with E-state index in [1.54, 1.807) is 0 Å². The van der Waals surface area contributed by atoms with Crippen LogP contribution in [-0.2, 0) is 6.42 Å². The molecule has 0 spiro atoms. The van der Waals surface area contributed by atoms with Gasteiger partial charge >= 0.3 is 0 Å². The zero-order valence-electron chi connectivity index (χ0n) is 10.3. The standard InChI is InChI=1S/C14H18F2O/c1-9(2)5-11-6-12(15)7-13(16)14(11)17-8-10-3-4-10/h6-7,9-10H,3-5,8H2,1-2H3. The van der Waals surface area contributed by atoms with Crippen LogP contribution in [0.25, 0.3) is 0 Å². The molecule has 1 nitrogen and oxygen atoms in total. The normalized spacial score (nSPS) is 15.4. The summed E-state index contributed by atoms with van der Waals surface area (Å²) < 4.78 is 32.3. The third-order valence-electron chi connectivity index (χ3n) is 2.87. The van der Waals surface area contributed by atoms with Gasteiger partial charge in [0.25, 0.3) is 0 Å². The van der Waals surface area contributed by atoms with Crippen molar-refractivity contribution in [3.8, 4) is 5.75 Å². The summed E-state index contributed by atoms with van der Waals surface area (Å²) in [6, 6.07) is 2.28. The van der Waals surface area contributed by atoms with Crippen LogP contribution in [0.1, 0.15) is 32.3 Å². The average molecular weight is 240 g/mol. The minimum absolute atomic E-state index is 0.243. The average Bonchev–Trinajstić information content (AvgIpc) is 2.98. The highest BCUT2D eigenvalue weighted by molar-refractivity contribution is 5.36. The van der Waals surface area contributed by atoms with Gasteiger partial charge < -0.3 is 4.74 Å². The lowest BCUT2D eigenvalue weighted by molar-refractivity contribution is 0.280. The Morgan fingerprint density at radius 1 is 1.29 bits per heavy atom. The number of ether oxygens (including phenoxy) is 1. The number of rotatable bonds is 5. The highest BCUT2D eigenvalue weighted by atomic mass is 19.1. The molecule has 0 radical (unpaired) electrons. The second kappa shape index (κ2) is 5.03. The van der Waals surface area contributed by atoms with Crippen LogP contribution in [0.15, 0.2) is 12.1 Å². The fourth-order valence-electron chi connectivity index (χ4n) is 1.85. The van der Waals surface area contributed by atoms with Crippen LogP contribution >= 0.6 is 0 Å². The molecular weight excluding hydrogens is 222 g/mol. The van der Waals surface area contributed by atoms with E-state index in [0.717, 1.165) is 18.9 Å². The maximum Gasteiger partial charge on any atom is 0.168 e. The van der Waals surface area contributed by atoms with Crippen LogP contribution in [0.2, 0.25) is 0 Å². The van der Waals surface area contributed by atoms with Gasteiger partial charge in [0, 0.05) is 11.6 Å². The lowest BCUT2D eigenvalue weighted by atomic mass is 10.0. The molecule has 1 aromatic rings. The lowest BCUT2D eigenvalue weighted by Crippen LogP contribution is -2.06. The molecule has 0 aromatic heterocycles. The number of benzene rings is 1. The van der Waals surface area contributed by atoms with Crippen molar-refractivity contribution in [2.24, 2.45) is 11.8 Å². The van der Waals surface area contributed by atoms with Crippen LogP contribution in [0, 0.1) is 23.5 Å². The molecule has 0 amide bonds. The van der Waals surface area contributed by atoms with Crippen molar-refractivity contribution >= 4 is 0 Å². The summed E-state index contributed by atoms with van der Waals surface area (Å²) in [6.45, 7) is 4.59. The smallest absolute Gasteiger partial charge is 0.168 e. The van der Waals surface area contributed by atoms with Crippen molar-refractivity contribution in [3.63, 3.8) is 0 Å². The minimum Gasteiger partial charge on any atom is -0.490 e. The third-order valence-corrected chi connectivity index (χ3v) is 2.87. The van der Waals surface area contributed by atoms with Crippen LogP contribution < -0.4 is 4.74 Å². The predicted octanol–water partition coefficient (Wildman–Crippen LogP) is 3.95. The summed E-state index contributed by atoms with van der Waals surface area (Å²) in [5.74, 6) is 0.0380. The van der Waals surface area contributed by atoms with Crippen molar-refractivity contribution in [3.05, 3.63) is 29.3 Å². The molecule has 0 atom stereocenters. The van der Waals surface area contributed by atoms with Gasteiger partial charge in [-0.1, -0.05) is 13.8 Å². The molecule has 3 heteroatoms. The maximum atomic E-state index is 13.7. The number of hydrogen-bond acceptors (Lipinski definition) is 1. The van der Waals surface area contributed by atoms with E-state index in [-0.39, 0.29) is 5.75 Å². The molecule has 1 aliphatic carbocycles. The first-order valence-electron chi connectivity index (χ1n) is 6.17. The molecule has 0 N–H and O–H groups in total. The Morgan fingerprint density at radius 3 is 2.59 bits per heavy atom. The molecule has 2 rings (SSSR count). The van der Waals surface area contributed by atoms with E-state index in [2.05, 4.69) is 0 Å². The van der Waals surface area contributed by atoms with E-state index in [4.69, 9.17) is 4.74 Å². The van der Waals surface area contributed by atoms with E-state index in [1.807, 2.05) is 13.8 Å². The second-order valence-corrected chi connectivity index (χ2v) is 5.23. The first-order chi connectivity index (χ1) is 8.06. The van der Waals surface area contributed by atoms with Gasteiger partial charge in [-0.15, -0.1) is 0 Å². The van der Waals surface area contributed by atoms with E-state index in [0.29, 0.717) is 30.4 Å². The maximum absolute atomic E-state index is 13.7. The number of halogens is 2. The molecule has 0 unspecified atom stereocenters. The highest BCUT2D eigenvalue weighted by Gasteiger charge is 2.23. The van der Waals surface area contributed by atoms with E-state index >= 15 is 0 Å².